The SMILES string of the molecule is O=C(Nc1ccc2nc(-c3ccc(N4CCC(CCO)CC4)cc3)[nH]c2c1)c1ccc(N2CCOCC2)cc1. The maximum Gasteiger partial charge on any atom is 0.255 e. The second kappa shape index (κ2) is 11.5. The van der Waals surface area contributed by atoms with E-state index in [-0.39, 0.29) is 12.5 Å². The molecule has 2 fully saturated rings. The van der Waals surface area contributed by atoms with Crippen LogP contribution in [0.2, 0.25) is 0 Å². The number of carbonyl (C=O) groups is 1. The van der Waals surface area contributed by atoms with E-state index in [1.165, 1.54) is 5.69 Å². The number of aromatic nitrogens is 2. The van der Waals surface area contributed by atoms with Gasteiger partial charge in [-0.15, -0.1) is 0 Å². The first-order valence-corrected chi connectivity index (χ1v) is 13.9. The van der Waals surface area contributed by atoms with E-state index in [2.05, 4.69) is 44.4 Å². The van der Waals surface area contributed by atoms with Crippen LogP contribution in [0.3, 0.4) is 0 Å². The first kappa shape index (κ1) is 25.4. The van der Waals surface area contributed by atoms with Gasteiger partial charge in [0.1, 0.15) is 5.82 Å². The third-order valence-electron chi connectivity index (χ3n) is 7.90. The number of amides is 1. The molecule has 0 unspecified atom stereocenters. The lowest BCUT2D eigenvalue weighted by molar-refractivity contribution is 0.102. The monoisotopic (exact) mass is 525 g/mol. The van der Waals surface area contributed by atoms with Crippen LogP contribution in [0.15, 0.2) is 66.7 Å². The molecule has 0 radical (unpaired) electrons. The highest BCUT2D eigenvalue weighted by Gasteiger charge is 2.19. The number of rotatable bonds is 7. The van der Waals surface area contributed by atoms with Crippen LogP contribution in [0.4, 0.5) is 17.1 Å². The number of piperidine rings is 1. The number of aliphatic hydroxyl groups is 1. The van der Waals surface area contributed by atoms with E-state index < -0.39 is 0 Å². The molecule has 202 valence electrons. The van der Waals surface area contributed by atoms with Gasteiger partial charge in [-0.1, -0.05) is 0 Å². The fourth-order valence-electron chi connectivity index (χ4n) is 5.57. The second-order valence-corrected chi connectivity index (χ2v) is 10.4. The summed E-state index contributed by atoms with van der Waals surface area (Å²) in [4.78, 5) is 25.8. The molecular weight excluding hydrogens is 490 g/mol. The summed E-state index contributed by atoms with van der Waals surface area (Å²) in [5.74, 6) is 1.30. The molecular formula is C31H35N5O3. The number of anilines is 3. The van der Waals surface area contributed by atoms with Crippen LogP contribution in [-0.4, -0.2) is 67.0 Å². The summed E-state index contributed by atoms with van der Waals surface area (Å²) in [7, 11) is 0. The van der Waals surface area contributed by atoms with E-state index in [4.69, 9.17) is 9.72 Å². The van der Waals surface area contributed by atoms with E-state index >= 15 is 0 Å². The van der Waals surface area contributed by atoms with Gasteiger partial charge in [-0.25, -0.2) is 4.98 Å². The summed E-state index contributed by atoms with van der Waals surface area (Å²) >= 11 is 0. The Bertz CT molecular complexity index is 1400. The van der Waals surface area contributed by atoms with Crippen molar-refractivity contribution < 1.29 is 14.6 Å². The molecule has 3 heterocycles. The summed E-state index contributed by atoms with van der Waals surface area (Å²) in [5, 5.41) is 12.2. The highest BCUT2D eigenvalue weighted by atomic mass is 16.5. The van der Waals surface area contributed by atoms with Crippen LogP contribution < -0.4 is 15.1 Å². The molecule has 8 nitrogen and oxygen atoms in total. The lowest BCUT2D eigenvalue weighted by Gasteiger charge is -2.33. The Kier molecular flexibility index (Phi) is 7.47. The van der Waals surface area contributed by atoms with E-state index in [1.54, 1.807) is 0 Å². The molecule has 0 bridgehead atoms. The van der Waals surface area contributed by atoms with Crippen molar-refractivity contribution in [2.45, 2.75) is 19.3 Å². The van der Waals surface area contributed by atoms with E-state index in [1.807, 2.05) is 42.5 Å². The van der Waals surface area contributed by atoms with Crippen LogP contribution >= 0.6 is 0 Å². The summed E-state index contributed by atoms with van der Waals surface area (Å²) in [5.41, 5.74) is 6.43. The number of nitrogens with one attached hydrogen (secondary N) is 2. The predicted octanol–water partition coefficient (Wildman–Crippen LogP) is 4.92. The largest absolute Gasteiger partial charge is 0.396 e. The Morgan fingerprint density at radius 1 is 0.923 bits per heavy atom. The van der Waals surface area contributed by atoms with Crippen molar-refractivity contribution in [1.29, 1.82) is 0 Å². The summed E-state index contributed by atoms with van der Waals surface area (Å²) in [6.07, 6.45) is 3.17. The molecule has 3 aromatic carbocycles. The minimum absolute atomic E-state index is 0.140. The lowest BCUT2D eigenvalue weighted by Crippen LogP contribution is -2.36. The van der Waals surface area contributed by atoms with Crippen molar-refractivity contribution in [1.82, 2.24) is 9.97 Å². The quantitative estimate of drug-likeness (QED) is 0.317. The molecule has 1 amide bonds. The van der Waals surface area contributed by atoms with Crippen molar-refractivity contribution >= 4 is 34.0 Å². The highest BCUT2D eigenvalue weighted by Crippen LogP contribution is 2.28. The Hall–Kier alpha value is -3.88. The molecule has 2 aliphatic heterocycles. The van der Waals surface area contributed by atoms with Crippen LogP contribution in [0.1, 0.15) is 29.6 Å². The molecule has 1 aromatic heterocycles. The van der Waals surface area contributed by atoms with Gasteiger partial charge in [0.15, 0.2) is 0 Å². The van der Waals surface area contributed by atoms with Crippen molar-refractivity contribution in [3.8, 4) is 11.4 Å². The third-order valence-corrected chi connectivity index (χ3v) is 7.90. The zero-order valence-electron chi connectivity index (χ0n) is 22.1. The zero-order chi connectivity index (χ0) is 26.6. The average molecular weight is 526 g/mol. The van der Waals surface area contributed by atoms with E-state index in [9.17, 15) is 9.90 Å². The van der Waals surface area contributed by atoms with Crippen LogP contribution in [-0.2, 0) is 4.74 Å². The number of hydrogen-bond acceptors (Lipinski definition) is 6. The fraction of sp³-hybridized carbons (Fsp3) is 0.355. The number of H-pyrrole nitrogens is 1. The molecule has 0 aliphatic carbocycles. The topological polar surface area (TPSA) is 93.7 Å². The first-order valence-electron chi connectivity index (χ1n) is 13.9. The van der Waals surface area contributed by atoms with Crippen LogP contribution in [0.5, 0.6) is 0 Å². The van der Waals surface area contributed by atoms with E-state index in [0.717, 1.165) is 92.5 Å². The molecule has 0 spiro atoms. The number of aromatic amines is 1. The summed E-state index contributed by atoms with van der Waals surface area (Å²) in [6, 6.07) is 22.0. The van der Waals surface area contributed by atoms with Gasteiger partial charge in [0.2, 0.25) is 0 Å². The fourth-order valence-corrected chi connectivity index (χ4v) is 5.57. The molecule has 4 aromatic rings. The van der Waals surface area contributed by atoms with Crippen molar-refractivity contribution in [2.75, 3.05) is 61.1 Å². The Morgan fingerprint density at radius 2 is 1.59 bits per heavy atom. The maximum atomic E-state index is 12.9. The Morgan fingerprint density at radius 3 is 2.28 bits per heavy atom. The van der Waals surface area contributed by atoms with Gasteiger partial charge in [0.25, 0.3) is 5.91 Å². The highest BCUT2D eigenvalue weighted by molar-refractivity contribution is 6.05. The van der Waals surface area contributed by atoms with Gasteiger partial charge in [-0.2, -0.15) is 0 Å². The molecule has 2 saturated heterocycles. The molecule has 0 saturated carbocycles. The number of nitrogens with zero attached hydrogens (tertiary/aromatic N) is 3. The molecule has 3 N–H and O–H groups in total. The third kappa shape index (κ3) is 5.77. The first-order chi connectivity index (χ1) is 19.2. The number of aliphatic hydroxyl groups excluding tert-OH is 1. The molecule has 0 atom stereocenters. The number of morpholine rings is 1. The maximum absolute atomic E-state index is 12.9. The molecule has 6 rings (SSSR count). The molecule has 39 heavy (non-hydrogen) atoms. The number of ether oxygens (including phenoxy) is 1. The molecule has 2 aliphatic rings. The number of fused-ring (bicyclic) bond motifs is 1. The Balaban J connectivity index is 1.10. The van der Waals surface area contributed by atoms with Crippen molar-refractivity contribution in [3.63, 3.8) is 0 Å². The standard InChI is InChI=1S/C31H35N5O3/c37-18-13-22-11-14-35(15-12-22)26-6-1-23(2-7-26)30-33-28-10-5-25(21-29(28)34-30)32-31(38)24-3-8-27(9-4-24)36-16-19-39-20-17-36/h1-10,21-22,37H,11-20H2,(H,32,38)(H,33,34). The van der Waals surface area contributed by atoms with Crippen LogP contribution in [0.25, 0.3) is 22.4 Å². The van der Waals surface area contributed by atoms with Gasteiger partial charge in [-0.05, 0) is 91.9 Å². The predicted molar refractivity (Wildman–Crippen MR) is 156 cm³/mol. The van der Waals surface area contributed by atoms with Gasteiger partial charge in [0.05, 0.1) is 24.2 Å². The second-order valence-electron chi connectivity index (χ2n) is 10.4. The zero-order valence-corrected chi connectivity index (χ0v) is 22.1. The van der Waals surface area contributed by atoms with Crippen LogP contribution in [0, 0.1) is 5.92 Å². The van der Waals surface area contributed by atoms with Crippen molar-refractivity contribution in [2.24, 2.45) is 5.92 Å². The van der Waals surface area contributed by atoms with Gasteiger partial charge in [-0.3, -0.25) is 4.79 Å². The van der Waals surface area contributed by atoms with E-state index in [0.29, 0.717) is 11.5 Å². The number of carbonyl (C=O) groups excluding carboxylic acids is 1. The molecule has 8 heteroatoms. The minimum Gasteiger partial charge on any atom is -0.396 e. The van der Waals surface area contributed by atoms with Crippen molar-refractivity contribution in [3.05, 3.63) is 72.3 Å². The average Bonchev–Trinajstić information content (AvgIpc) is 3.42. The van der Waals surface area contributed by atoms with Gasteiger partial charge < -0.3 is 29.9 Å². The summed E-state index contributed by atoms with van der Waals surface area (Å²) < 4.78 is 5.42. The van der Waals surface area contributed by atoms with Gasteiger partial charge >= 0.3 is 0 Å². The summed E-state index contributed by atoms with van der Waals surface area (Å²) in [6.45, 7) is 5.55. The number of imidazole rings is 1. The minimum atomic E-state index is -0.140. The lowest BCUT2D eigenvalue weighted by atomic mass is 9.93. The van der Waals surface area contributed by atoms with Gasteiger partial charge in [0, 0.05) is 61.0 Å². The number of hydrogen-bond donors (Lipinski definition) is 3. The smallest absolute Gasteiger partial charge is 0.255 e. The number of benzene rings is 3. The Labute approximate surface area is 228 Å². The normalized spacial score (nSPS) is 16.5.